The molecule has 1 aliphatic carbocycles. The molecule has 0 saturated heterocycles. The van der Waals surface area contributed by atoms with E-state index in [1.807, 2.05) is 30.3 Å². The van der Waals surface area contributed by atoms with Gasteiger partial charge in [-0.15, -0.1) is 0 Å². The summed E-state index contributed by atoms with van der Waals surface area (Å²) in [5, 5.41) is 5.95. The van der Waals surface area contributed by atoms with Crippen LogP contribution >= 0.6 is 0 Å². The molecule has 0 unspecified atom stereocenters. The van der Waals surface area contributed by atoms with Crippen LogP contribution in [0.25, 0.3) is 22.2 Å². The first-order chi connectivity index (χ1) is 11.9. The van der Waals surface area contributed by atoms with Crippen molar-refractivity contribution in [2.75, 3.05) is 5.43 Å². The highest BCUT2D eigenvalue weighted by Gasteiger charge is 2.28. The number of hydrogen-bond acceptors (Lipinski definition) is 2. The quantitative estimate of drug-likeness (QED) is 0.442. The van der Waals surface area contributed by atoms with Crippen molar-refractivity contribution in [1.29, 1.82) is 0 Å². The molecule has 114 valence electrons. The summed E-state index contributed by atoms with van der Waals surface area (Å²) < 4.78 is 0. The lowest BCUT2D eigenvalue weighted by atomic mass is 10.1. The van der Waals surface area contributed by atoms with Crippen molar-refractivity contribution in [3.05, 3.63) is 90.0 Å². The highest BCUT2D eigenvalue weighted by Crippen LogP contribution is 2.40. The number of hydrazone groups is 1. The van der Waals surface area contributed by atoms with E-state index in [0.29, 0.717) is 0 Å². The first-order valence-corrected chi connectivity index (χ1v) is 8.01. The molecule has 0 saturated carbocycles. The van der Waals surface area contributed by atoms with Crippen molar-refractivity contribution in [3.8, 4) is 11.3 Å². The molecule has 1 aliphatic rings. The molecule has 4 aromatic rings. The number of aromatic nitrogens is 1. The third kappa shape index (κ3) is 1.88. The first-order valence-electron chi connectivity index (χ1n) is 8.01. The zero-order chi connectivity index (χ0) is 15.9. The van der Waals surface area contributed by atoms with Gasteiger partial charge in [0.15, 0.2) is 0 Å². The molecule has 1 heterocycles. The molecule has 5 rings (SSSR count). The molecule has 3 aromatic carbocycles. The lowest BCUT2D eigenvalue weighted by Gasteiger charge is -2.05. The van der Waals surface area contributed by atoms with Gasteiger partial charge in [0.2, 0.25) is 0 Å². The van der Waals surface area contributed by atoms with E-state index in [9.17, 15) is 0 Å². The maximum atomic E-state index is 4.75. The molecular weight excluding hydrogens is 294 g/mol. The fraction of sp³-hybridized carbons (Fsp3) is 0. The normalized spacial score (nSPS) is 13.9. The number of anilines is 1. The van der Waals surface area contributed by atoms with Crippen LogP contribution in [0.15, 0.2) is 84.0 Å². The van der Waals surface area contributed by atoms with Gasteiger partial charge in [0, 0.05) is 27.6 Å². The van der Waals surface area contributed by atoms with Crippen LogP contribution in [0.3, 0.4) is 0 Å². The van der Waals surface area contributed by atoms with Crippen LogP contribution in [-0.4, -0.2) is 10.7 Å². The smallest absolute Gasteiger partial charge is 0.101 e. The first kappa shape index (κ1) is 13.1. The van der Waals surface area contributed by atoms with Crippen molar-refractivity contribution in [1.82, 2.24) is 4.98 Å². The summed E-state index contributed by atoms with van der Waals surface area (Å²) in [7, 11) is 0. The Balaban J connectivity index is 1.72. The molecule has 0 aliphatic heterocycles. The molecule has 2 N–H and O–H groups in total. The monoisotopic (exact) mass is 309 g/mol. The zero-order valence-corrected chi connectivity index (χ0v) is 13.0. The van der Waals surface area contributed by atoms with Gasteiger partial charge in [-0.2, -0.15) is 5.10 Å². The van der Waals surface area contributed by atoms with Gasteiger partial charge in [-0.3, -0.25) is 5.43 Å². The summed E-state index contributed by atoms with van der Waals surface area (Å²) >= 11 is 0. The highest BCUT2D eigenvalue weighted by atomic mass is 15.3. The van der Waals surface area contributed by atoms with E-state index in [-0.39, 0.29) is 0 Å². The Morgan fingerprint density at radius 2 is 1.42 bits per heavy atom. The maximum Gasteiger partial charge on any atom is 0.101 e. The Morgan fingerprint density at radius 1 is 0.708 bits per heavy atom. The van der Waals surface area contributed by atoms with Crippen molar-refractivity contribution in [2.24, 2.45) is 5.10 Å². The molecular formula is C21H15N3. The van der Waals surface area contributed by atoms with Crippen molar-refractivity contribution >= 4 is 22.3 Å². The SMILES string of the molecule is c1ccc(N/N=C2\c3ccccc3-c3[nH]c4ccccc4c32)cc1. The fourth-order valence-electron chi connectivity index (χ4n) is 3.38. The van der Waals surface area contributed by atoms with Gasteiger partial charge < -0.3 is 4.98 Å². The number of para-hydroxylation sites is 2. The van der Waals surface area contributed by atoms with Crippen LogP contribution in [0, 0.1) is 0 Å². The Labute approximate surface area is 139 Å². The lowest BCUT2D eigenvalue weighted by molar-refractivity contribution is 1.34. The van der Waals surface area contributed by atoms with E-state index in [4.69, 9.17) is 5.10 Å². The molecule has 3 heteroatoms. The number of fused-ring (bicyclic) bond motifs is 5. The van der Waals surface area contributed by atoms with Crippen molar-refractivity contribution in [3.63, 3.8) is 0 Å². The molecule has 0 amide bonds. The Morgan fingerprint density at radius 3 is 2.29 bits per heavy atom. The third-order valence-electron chi connectivity index (χ3n) is 4.46. The number of H-pyrrole nitrogens is 1. The minimum atomic E-state index is 0.982. The van der Waals surface area contributed by atoms with Crippen LogP contribution in [0.4, 0.5) is 5.69 Å². The predicted molar refractivity (Wildman–Crippen MR) is 99.4 cm³/mol. The average molecular weight is 309 g/mol. The summed E-state index contributed by atoms with van der Waals surface area (Å²) in [6.07, 6.45) is 0. The zero-order valence-electron chi connectivity index (χ0n) is 13.0. The van der Waals surface area contributed by atoms with Crippen LogP contribution < -0.4 is 5.43 Å². The number of nitrogens with one attached hydrogen (secondary N) is 2. The standard InChI is InChI=1S/C21H15N3/c1-2-8-14(9-3-1)23-24-21-16-11-5-4-10-15(16)20-19(21)17-12-6-7-13-18(17)22-20/h1-13,22-23H/b24-21+. The van der Waals surface area contributed by atoms with Crippen LogP contribution in [0.5, 0.6) is 0 Å². The summed E-state index contributed by atoms with van der Waals surface area (Å²) in [6.45, 7) is 0. The topological polar surface area (TPSA) is 40.2 Å². The number of benzene rings is 3. The second-order valence-corrected chi connectivity index (χ2v) is 5.90. The van der Waals surface area contributed by atoms with Crippen molar-refractivity contribution in [2.45, 2.75) is 0 Å². The van der Waals surface area contributed by atoms with E-state index in [1.165, 1.54) is 16.5 Å². The van der Waals surface area contributed by atoms with Crippen molar-refractivity contribution < 1.29 is 0 Å². The predicted octanol–water partition coefficient (Wildman–Crippen LogP) is 5.01. The molecule has 0 fully saturated rings. The third-order valence-corrected chi connectivity index (χ3v) is 4.46. The molecule has 3 nitrogen and oxygen atoms in total. The largest absolute Gasteiger partial charge is 0.354 e. The minimum Gasteiger partial charge on any atom is -0.354 e. The van der Waals surface area contributed by atoms with Gasteiger partial charge in [-0.1, -0.05) is 60.7 Å². The summed E-state index contributed by atoms with van der Waals surface area (Å²) in [4.78, 5) is 3.55. The summed E-state index contributed by atoms with van der Waals surface area (Å²) in [6, 6.07) is 26.8. The molecule has 0 bridgehead atoms. The number of rotatable bonds is 2. The Hall–Kier alpha value is -3.33. The number of hydrogen-bond donors (Lipinski definition) is 2. The summed E-state index contributed by atoms with van der Waals surface area (Å²) in [5.41, 5.74) is 11.0. The lowest BCUT2D eigenvalue weighted by Crippen LogP contribution is -2.02. The van der Waals surface area contributed by atoms with E-state index in [0.717, 1.165) is 28.2 Å². The Kier molecular flexibility index (Phi) is 2.79. The van der Waals surface area contributed by atoms with Crippen LogP contribution in [-0.2, 0) is 0 Å². The van der Waals surface area contributed by atoms with E-state index in [1.54, 1.807) is 0 Å². The van der Waals surface area contributed by atoms with Gasteiger partial charge in [-0.05, 0) is 18.2 Å². The minimum absolute atomic E-state index is 0.982. The second kappa shape index (κ2) is 5.10. The summed E-state index contributed by atoms with van der Waals surface area (Å²) in [5.74, 6) is 0. The van der Waals surface area contributed by atoms with Crippen LogP contribution in [0.2, 0.25) is 0 Å². The average Bonchev–Trinajstić information content (AvgIpc) is 3.16. The van der Waals surface area contributed by atoms with Gasteiger partial charge in [-0.25, -0.2) is 0 Å². The molecule has 0 spiro atoms. The number of aromatic amines is 1. The highest BCUT2D eigenvalue weighted by molar-refractivity contribution is 6.29. The van der Waals surface area contributed by atoms with Crippen LogP contribution in [0.1, 0.15) is 11.1 Å². The Bertz CT molecular complexity index is 1070. The molecule has 1 aromatic heterocycles. The van der Waals surface area contributed by atoms with E-state index >= 15 is 0 Å². The molecule has 0 radical (unpaired) electrons. The number of nitrogens with zero attached hydrogens (tertiary/aromatic N) is 1. The van der Waals surface area contributed by atoms with Gasteiger partial charge in [0.1, 0.15) is 5.71 Å². The molecule has 24 heavy (non-hydrogen) atoms. The second-order valence-electron chi connectivity index (χ2n) is 5.90. The van der Waals surface area contributed by atoms with E-state index < -0.39 is 0 Å². The van der Waals surface area contributed by atoms with Gasteiger partial charge in [0.05, 0.1) is 11.4 Å². The van der Waals surface area contributed by atoms with Gasteiger partial charge in [0.25, 0.3) is 0 Å². The molecule has 0 atom stereocenters. The maximum absolute atomic E-state index is 4.75. The van der Waals surface area contributed by atoms with E-state index in [2.05, 4.69) is 58.9 Å². The van der Waals surface area contributed by atoms with Gasteiger partial charge >= 0.3 is 0 Å². The fourth-order valence-corrected chi connectivity index (χ4v) is 3.38.